The van der Waals surface area contributed by atoms with Crippen LogP contribution in [-0.2, 0) is 4.79 Å². The number of carbonyl (C=O) groups excluding carboxylic acids is 2. The molecule has 5 nitrogen and oxygen atoms in total. The quantitative estimate of drug-likeness (QED) is 0.740. The Morgan fingerprint density at radius 2 is 1.78 bits per heavy atom. The summed E-state index contributed by atoms with van der Waals surface area (Å²) in [4.78, 5) is 29.6. The zero-order valence-electron chi connectivity index (χ0n) is 14.4. The predicted octanol–water partition coefficient (Wildman–Crippen LogP) is 4.47. The molecule has 0 saturated carbocycles. The number of phenolic OH excluding ortho intramolecular Hbond substituents is 1. The number of phenols is 1. The SMILES string of the molecule is CCCNC(=O)C1=CC(=Nc2cc(Cl)c(O)c(Cl)c2)c2ccccc2C1=O. The monoisotopic (exact) mass is 402 g/mol. The van der Waals surface area contributed by atoms with Crippen molar-refractivity contribution in [1.29, 1.82) is 0 Å². The van der Waals surface area contributed by atoms with Crippen molar-refractivity contribution in [2.45, 2.75) is 13.3 Å². The molecular formula is C20H16Cl2N2O3. The van der Waals surface area contributed by atoms with Crippen LogP contribution in [0.5, 0.6) is 5.75 Å². The molecule has 138 valence electrons. The molecule has 0 saturated heterocycles. The number of halogens is 2. The summed E-state index contributed by atoms with van der Waals surface area (Å²) in [6, 6.07) is 9.85. The van der Waals surface area contributed by atoms with Gasteiger partial charge in [-0.3, -0.25) is 9.59 Å². The first-order valence-corrected chi connectivity index (χ1v) is 9.08. The van der Waals surface area contributed by atoms with Crippen molar-refractivity contribution in [3.63, 3.8) is 0 Å². The molecule has 2 aromatic rings. The molecule has 1 aliphatic rings. The number of hydrogen-bond donors (Lipinski definition) is 2. The standard InChI is InChI=1S/C20H16Cl2N2O3/c1-2-7-23-20(27)14-10-17(12-5-3-4-6-13(12)18(14)25)24-11-8-15(21)19(26)16(22)9-11/h3-6,8-10,26H,2,7H2,1H3,(H,23,27). The summed E-state index contributed by atoms with van der Waals surface area (Å²) in [5, 5.41) is 12.5. The molecule has 0 atom stereocenters. The van der Waals surface area contributed by atoms with E-state index in [1.807, 2.05) is 6.92 Å². The molecule has 0 spiro atoms. The number of nitrogens with one attached hydrogen (secondary N) is 1. The van der Waals surface area contributed by atoms with Crippen molar-refractivity contribution in [2.24, 2.45) is 4.99 Å². The third-order valence-electron chi connectivity index (χ3n) is 4.00. The van der Waals surface area contributed by atoms with Gasteiger partial charge in [-0.25, -0.2) is 4.99 Å². The van der Waals surface area contributed by atoms with Gasteiger partial charge in [0.15, 0.2) is 11.5 Å². The van der Waals surface area contributed by atoms with Crippen LogP contribution in [0.1, 0.15) is 29.3 Å². The summed E-state index contributed by atoms with van der Waals surface area (Å²) >= 11 is 11.9. The van der Waals surface area contributed by atoms with Crippen molar-refractivity contribution >= 4 is 46.3 Å². The van der Waals surface area contributed by atoms with Crippen molar-refractivity contribution in [2.75, 3.05) is 6.54 Å². The van der Waals surface area contributed by atoms with Crippen LogP contribution in [0, 0.1) is 0 Å². The van der Waals surface area contributed by atoms with Gasteiger partial charge < -0.3 is 10.4 Å². The topological polar surface area (TPSA) is 78.8 Å². The third kappa shape index (κ3) is 3.89. The Morgan fingerprint density at radius 1 is 1.15 bits per heavy atom. The molecular weight excluding hydrogens is 387 g/mol. The van der Waals surface area contributed by atoms with Crippen LogP contribution in [0.4, 0.5) is 5.69 Å². The van der Waals surface area contributed by atoms with Crippen LogP contribution in [0.15, 0.2) is 53.0 Å². The van der Waals surface area contributed by atoms with Gasteiger partial charge in [0, 0.05) is 17.7 Å². The molecule has 3 rings (SSSR count). The van der Waals surface area contributed by atoms with Crippen molar-refractivity contribution < 1.29 is 14.7 Å². The Balaban J connectivity index is 2.12. The number of amides is 1. The second-order valence-corrected chi connectivity index (χ2v) is 6.76. The Hall–Kier alpha value is -2.63. The molecule has 1 aliphatic carbocycles. The lowest BCUT2D eigenvalue weighted by molar-refractivity contribution is -0.117. The maximum Gasteiger partial charge on any atom is 0.255 e. The largest absolute Gasteiger partial charge is 0.505 e. The molecule has 0 bridgehead atoms. The first kappa shape index (κ1) is 19.1. The molecule has 0 aromatic heterocycles. The second-order valence-electron chi connectivity index (χ2n) is 5.94. The maximum atomic E-state index is 12.7. The summed E-state index contributed by atoms with van der Waals surface area (Å²) in [5.41, 5.74) is 1.86. The Kier molecular flexibility index (Phi) is 5.63. The number of aliphatic imine (C=N–C) groups is 1. The molecule has 2 aromatic carbocycles. The number of nitrogens with zero attached hydrogens (tertiary/aromatic N) is 1. The van der Waals surface area contributed by atoms with E-state index < -0.39 is 5.91 Å². The van der Waals surface area contributed by atoms with Gasteiger partial charge in [-0.15, -0.1) is 0 Å². The van der Waals surface area contributed by atoms with E-state index >= 15 is 0 Å². The van der Waals surface area contributed by atoms with Crippen LogP contribution in [0.2, 0.25) is 10.0 Å². The summed E-state index contributed by atoms with van der Waals surface area (Å²) in [6.45, 7) is 2.40. The highest BCUT2D eigenvalue weighted by Crippen LogP contribution is 2.36. The molecule has 0 unspecified atom stereocenters. The number of hydrogen-bond acceptors (Lipinski definition) is 4. The number of fused-ring (bicyclic) bond motifs is 1. The number of aromatic hydroxyl groups is 1. The van der Waals surface area contributed by atoms with Crippen LogP contribution in [-0.4, -0.2) is 29.1 Å². The zero-order chi connectivity index (χ0) is 19.6. The number of carbonyl (C=O) groups is 2. The van der Waals surface area contributed by atoms with Crippen LogP contribution in [0.25, 0.3) is 0 Å². The Morgan fingerprint density at radius 3 is 2.41 bits per heavy atom. The molecule has 0 aliphatic heterocycles. The molecule has 0 radical (unpaired) electrons. The summed E-state index contributed by atoms with van der Waals surface area (Å²) < 4.78 is 0. The first-order valence-electron chi connectivity index (χ1n) is 8.33. The van der Waals surface area contributed by atoms with Crippen molar-refractivity contribution in [3.05, 3.63) is 69.2 Å². The van der Waals surface area contributed by atoms with Crippen molar-refractivity contribution in [3.8, 4) is 5.75 Å². The van der Waals surface area contributed by atoms with E-state index in [0.29, 0.717) is 29.1 Å². The van der Waals surface area contributed by atoms with E-state index in [-0.39, 0.29) is 27.2 Å². The average molecular weight is 403 g/mol. The van der Waals surface area contributed by atoms with E-state index in [1.165, 1.54) is 18.2 Å². The molecule has 0 heterocycles. The fourth-order valence-corrected chi connectivity index (χ4v) is 3.16. The lowest BCUT2D eigenvalue weighted by Gasteiger charge is -2.17. The van der Waals surface area contributed by atoms with Crippen LogP contribution in [0.3, 0.4) is 0 Å². The van der Waals surface area contributed by atoms with E-state index in [4.69, 9.17) is 23.2 Å². The third-order valence-corrected chi connectivity index (χ3v) is 4.58. The lowest BCUT2D eigenvalue weighted by atomic mass is 9.88. The van der Waals surface area contributed by atoms with Crippen LogP contribution < -0.4 is 5.32 Å². The zero-order valence-corrected chi connectivity index (χ0v) is 15.9. The molecule has 2 N–H and O–H groups in total. The van der Waals surface area contributed by atoms with Gasteiger partial charge in [0.1, 0.15) is 0 Å². The average Bonchev–Trinajstić information content (AvgIpc) is 2.66. The summed E-state index contributed by atoms with van der Waals surface area (Å²) in [5.74, 6) is -1.01. The number of rotatable bonds is 4. The van der Waals surface area contributed by atoms with E-state index in [9.17, 15) is 14.7 Å². The summed E-state index contributed by atoms with van der Waals surface area (Å²) in [7, 11) is 0. The minimum Gasteiger partial charge on any atom is -0.505 e. The number of benzene rings is 2. The number of ketones is 1. The fourth-order valence-electron chi connectivity index (χ4n) is 2.68. The van der Waals surface area contributed by atoms with Gasteiger partial charge in [0.25, 0.3) is 5.91 Å². The van der Waals surface area contributed by atoms with Gasteiger partial charge in [-0.05, 0) is 24.6 Å². The summed E-state index contributed by atoms with van der Waals surface area (Å²) in [6.07, 6.45) is 2.22. The molecule has 1 amide bonds. The lowest BCUT2D eigenvalue weighted by Crippen LogP contribution is -2.32. The van der Waals surface area contributed by atoms with E-state index in [2.05, 4.69) is 10.3 Å². The first-order chi connectivity index (χ1) is 12.9. The van der Waals surface area contributed by atoms with E-state index in [1.54, 1.807) is 24.3 Å². The molecule has 7 heteroatoms. The maximum absolute atomic E-state index is 12.7. The molecule has 27 heavy (non-hydrogen) atoms. The van der Waals surface area contributed by atoms with E-state index in [0.717, 1.165) is 6.42 Å². The van der Waals surface area contributed by atoms with Crippen molar-refractivity contribution in [1.82, 2.24) is 5.32 Å². The Labute approximate surface area is 166 Å². The highest BCUT2D eigenvalue weighted by molar-refractivity contribution is 6.38. The number of allylic oxidation sites excluding steroid dienone is 1. The minimum absolute atomic E-state index is 0.0249. The minimum atomic E-state index is -0.439. The van der Waals surface area contributed by atoms with Gasteiger partial charge in [0.05, 0.1) is 27.0 Å². The highest BCUT2D eigenvalue weighted by Gasteiger charge is 2.28. The smallest absolute Gasteiger partial charge is 0.255 e. The Bertz CT molecular complexity index is 973. The predicted molar refractivity (Wildman–Crippen MR) is 106 cm³/mol. The second kappa shape index (κ2) is 7.94. The van der Waals surface area contributed by atoms with Crippen LogP contribution >= 0.6 is 23.2 Å². The van der Waals surface area contributed by atoms with Gasteiger partial charge in [-0.1, -0.05) is 54.4 Å². The highest BCUT2D eigenvalue weighted by atomic mass is 35.5. The molecule has 0 fully saturated rings. The van der Waals surface area contributed by atoms with Gasteiger partial charge >= 0.3 is 0 Å². The number of Topliss-reactive ketones (excluding diaryl/α,β-unsaturated/α-hetero) is 1. The van der Waals surface area contributed by atoms with Gasteiger partial charge in [-0.2, -0.15) is 0 Å². The fraction of sp³-hybridized carbons (Fsp3) is 0.150. The normalized spacial score (nSPS) is 14.7. The van der Waals surface area contributed by atoms with Gasteiger partial charge in [0.2, 0.25) is 0 Å².